The van der Waals surface area contributed by atoms with E-state index in [2.05, 4.69) is 4.99 Å². The Morgan fingerprint density at radius 1 is 1.33 bits per heavy atom. The second-order valence-corrected chi connectivity index (χ2v) is 4.27. The van der Waals surface area contributed by atoms with E-state index in [4.69, 9.17) is 0 Å². The predicted molar refractivity (Wildman–Crippen MR) is 67.1 cm³/mol. The van der Waals surface area contributed by atoms with E-state index in [0.717, 1.165) is 5.56 Å². The van der Waals surface area contributed by atoms with Crippen molar-refractivity contribution >= 4 is 11.5 Å². The van der Waals surface area contributed by atoms with Crippen LogP contribution in [0.25, 0.3) is 0 Å². The number of benzene rings is 1. The standard InChI is InChI=1S/C14H14FNO2/c1-9(14-12(17)6-7-13(14)18)16-8-10-2-4-11(15)5-3-10/h2-5,17H,6-8H2,1H3. The highest BCUT2D eigenvalue weighted by Gasteiger charge is 2.24. The molecule has 4 heteroatoms. The number of halogens is 1. The van der Waals surface area contributed by atoms with Gasteiger partial charge in [-0.15, -0.1) is 0 Å². The van der Waals surface area contributed by atoms with Gasteiger partial charge in [-0.1, -0.05) is 12.1 Å². The van der Waals surface area contributed by atoms with Gasteiger partial charge in [0.2, 0.25) is 0 Å². The molecule has 3 nitrogen and oxygen atoms in total. The highest BCUT2D eigenvalue weighted by molar-refractivity contribution is 6.23. The quantitative estimate of drug-likeness (QED) is 0.835. The minimum atomic E-state index is -0.286. The minimum absolute atomic E-state index is 0.0622. The molecule has 0 fully saturated rings. The van der Waals surface area contributed by atoms with Crippen molar-refractivity contribution in [2.45, 2.75) is 26.3 Å². The fraction of sp³-hybridized carbons (Fsp3) is 0.286. The molecular weight excluding hydrogens is 233 g/mol. The molecule has 0 aromatic heterocycles. The van der Waals surface area contributed by atoms with E-state index >= 15 is 0 Å². The van der Waals surface area contributed by atoms with Gasteiger partial charge in [0, 0.05) is 18.6 Å². The molecule has 0 saturated carbocycles. The van der Waals surface area contributed by atoms with Gasteiger partial charge in [0.1, 0.15) is 11.6 Å². The molecule has 1 aliphatic rings. The van der Waals surface area contributed by atoms with Gasteiger partial charge in [-0.25, -0.2) is 4.39 Å². The zero-order chi connectivity index (χ0) is 13.1. The molecule has 0 atom stereocenters. The zero-order valence-corrected chi connectivity index (χ0v) is 10.1. The Hall–Kier alpha value is -1.97. The van der Waals surface area contributed by atoms with E-state index in [1.165, 1.54) is 12.1 Å². The molecular formula is C14H14FNO2. The molecule has 0 saturated heterocycles. The normalized spacial score (nSPS) is 16.6. The van der Waals surface area contributed by atoms with Crippen molar-refractivity contribution in [2.75, 3.05) is 0 Å². The SMILES string of the molecule is CC(=NCc1ccc(F)cc1)C1=C(O)CCC1=O. The van der Waals surface area contributed by atoms with Gasteiger partial charge in [-0.05, 0) is 24.6 Å². The second kappa shape index (κ2) is 5.12. The summed E-state index contributed by atoms with van der Waals surface area (Å²) < 4.78 is 12.7. The molecule has 0 unspecified atom stereocenters. The van der Waals surface area contributed by atoms with E-state index in [0.29, 0.717) is 30.7 Å². The monoisotopic (exact) mass is 247 g/mol. The maximum atomic E-state index is 12.7. The van der Waals surface area contributed by atoms with Gasteiger partial charge in [-0.3, -0.25) is 9.79 Å². The van der Waals surface area contributed by atoms with Gasteiger partial charge in [0.05, 0.1) is 12.1 Å². The van der Waals surface area contributed by atoms with Crippen molar-refractivity contribution in [3.8, 4) is 0 Å². The topological polar surface area (TPSA) is 49.7 Å². The number of hydrogen-bond donors (Lipinski definition) is 1. The molecule has 1 aliphatic carbocycles. The van der Waals surface area contributed by atoms with Crippen LogP contribution in [-0.4, -0.2) is 16.6 Å². The van der Waals surface area contributed by atoms with Crippen LogP contribution in [0.4, 0.5) is 4.39 Å². The molecule has 2 rings (SSSR count). The number of hydrogen-bond acceptors (Lipinski definition) is 3. The Morgan fingerprint density at radius 3 is 2.56 bits per heavy atom. The molecule has 0 amide bonds. The Labute approximate surface area is 105 Å². The maximum Gasteiger partial charge on any atom is 0.168 e. The third-order valence-corrected chi connectivity index (χ3v) is 2.93. The summed E-state index contributed by atoms with van der Waals surface area (Å²) in [5, 5.41) is 9.59. The molecule has 1 aromatic carbocycles. The Balaban J connectivity index is 2.12. The number of aliphatic hydroxyl groups excluding tert-OH is 1. The van der Waals surface area contributed by atoms with E-state index in [1.807, 2.05) is 0 Å². The molecule has 1 N–H and O–H groups in total. The number of nitrogens with zero attached hydrogens (tertiary/aromatic N) is 1. The summed E-state index contributed by atoms with van der Waals surface area (Å²) in [6.07, 6.45) is 0.752. The first-order valence-electron chi connectivity index (χ1n) is 5.79. The molecule has 0 heterocycles. The highest BCUT2D eigenvalue weighted by atomic mass is 19.1. The fourth-order valence-electron chi connectivity index (χ4n) is 1.93. The second-order valence-electron chi connectivity index (χ2n) is 4.27. The van der Waals surface area contributed by atoms with Crippen LogP contribution >= 0.6 is 0 Å². The number of Topliss-reactive ketones (excluding diaryl/α,β-unsaturated/α-hetero) is 1. The minimum Gasteiger partial charge on any atom is -0.511 e. The van der Waals surface area contributed by atoms with Crippen molar-refractivity contribution in [2.24, 2.45) is 4.99 Å². The van der Waals surface area contributed by atoms with Crippen LogP contribution in [0.2, 0.25) is 0 Å². The Morgan fingerprint density at radius 2 is 2.00 bits per heavy atom. The number of aliphatic hydroxyl groups is 1. The average Bonchev–Trinajstić information content (AvgIpc) is 2.68. The summed E-state index contributed by atoms with van der Waals surface area (Å²) in [4.78, 5) is 15.8. The van der Waals surface area contributed by atoms with Crippen LogP contribution in [0.1, 0.15) is 25.3 Å². The predicted octanol–water partition coefficient (Wildman–Crippen LogP) is 2.96. The lowest BCUT2D eigenvalue weighted by Crippen LogP contribution is -2.07. The Kier molecular flexibility index (Phi) is 3.55. The Bertz CT molecular complexity index is 529. The number of rotatable bonds is 3. The number of aliphatic imine (C=N–C) groups is 1. The van der Waals surface area contributed by atoms with Crippen LogP contribution in [0.3, 0.4) is 0 Å². The van der Waals surface area contributed by atoms with Crippen LogP contribution in [0, 0.1) is 5.82 Å². The van der Waals surface area contributed by atoms with E-state index in [1.54, 1.807) is 19.1 Å². The lowest BCUT2D eigenvalue weighted by atomic mass is 10.1. The number of carbonyl (C=O) groups excluding carboxylic acids is 1. The summed E-state index contributed by atoms with van der Waals surface area (Å²) in [5.41, 5.74) is 1.75. The first-order chi connectivity index (χ1) is 8.58. The molecule has 0 aliphatic heterocycles. The third kappa shape index (κ3) is 2.64. The van der Waals surface area contributed by atoms with Crippen molar-refractivity contribution in [1.82, 2.24) is 0 Å². The van der Waals surface area contributed by atoms with Gasteiger partial charge in [-0.2, -0.15) is 0 Å². The van der Waals surface area contributed by atoms with Crippen LogP contribution < -0.4 is 0 Å². The third-order valence-electron chi connectivity index (χ3n) is 2.93. The molecule has 0 spiro atoms. The molecule has 0 radical (unpaired) electrons. The fourth-order valence-corrected chi connectivity index (χ4v) is 1.93. The first kappa shape index (κ1) is 12.5. The summed E-state index contributed by atoms with van der Waals surface area (Å²) in [5.74, 6) is -0.223. The first-order valence-corrected chi connectivity index (χ1v) is 5.79. The summed E-state index contributed by atoms with van der Waals surface area (Å²) in [6, 6.07) is 6.04. The largest absolute Gasteiger partial charge is 0.511 e. The van der Waals surface area contributed by atoms with Crippen molar-refractivity contribution < 1.29 is 14.3 Å². The average molecular weight is 247 g/mol. The molecule has 18 heavy (non-hydrogen) atoms. The van der Waals surface area contributed by atoms with Gasteiger partial charge >= 0.3 is 0 Å². The van der Waals surface area contributed by atoms with E-state index < -0.39 is 0 Å². The smallest absolute Gasteiger partial charge is 0.168 e. The summed E-state index contributed by atoms with van der Waals surface area (Å²) in [7, 11) is 0. The lowest BCUT2D eigenvalue weighted by Gasteiger charge is -2.02. The number of carbonyl (C=O) groups is 1. The zero-order valence-electron chi connectivity index (χ0n) is 10.1. The molecule has 94 valence electrons. The van der Waals surface area contributed by atoms with Crippen LogP contribution in [-0.2, 0) is 11.3 Å². The maximum absolute atomic E-state index is 12.7. The van der Waals surface area contributed by atoms with E-state index in [-0.39, 0.29) is 17.4 Å². The lowest BCUT2D eigenvalue weighted by molar-refractivity contribution is -0.114. The van der Waals surface area contributed by atoms with Crippen LogP contribution in [0.15, 0.2) is 40.6 Å². The number of allylic oxidation sites excluding steroid dienone is 2. The number of ketones is 1. The van der Waals surface area contributed by atoms with Gasteiger partial charge in [0.15, 0.2) is 5.78 Å². The van der Waals surface area contributed by atoms with Gasteiger partial charge < -0.3 is 5.11 Å². The molecule has 0 bridgehead atoms. The van der Waals surface area contributed by atoms with Crippen molar-refractivity contribution in [3.63, 3.8) is 0 Å². The molecule has 1 aromatic rings. The van der Waals surface area contributed by atoms with Crippen molar-refractivity contribution in [3.05, 3.63) is 47.0 Å². The highest BCUT2D eigenvalue weighted by Crippen LogP contribution is 2.22. The van der Waals surface area contributed by atoms with Crippen LogP contribution in [0.5, 0.6) is 0 Å². The summed E-state index contributed by atoms with van der Waals surface area (Å²) in [6.45, 7) is 2.08. The van der Waals surface area contributed by atoms with Gasteiger partial charge in [0.25, 0.3) is 0 Å². The van der Waals surface area contributed by atoms with Crippen molar-refractivity contribution in [1.29, 1.82) is 0 Å². The summed E-state index contributed by atoms with van der Waals surface area (Å²) >= 11 is 0. The van der Waals surface area contributed by atoms with E-state index in [9.17, 15) is 14.3 Å².